The molecule has 4 nitrogen and oxygen atoms in total. The third-order valence-corrected chi connectivity index (χ3v) is 3.74. The van der Waals surface area contributed by atoms with E-state index in [4.69, 9.17) is 5.73 Å². The fourth-order valence-electron chi connectivity index (χ4n) is 1.61. The second-order valence-electron chi connectivity index (χ2n) is 3.87. The summed E-state index contributed by atoms with van der Waals surface area (Å²) in [6.07, 6.45) is 3.30. The van der Waals surface area contributed by atoms with Crippen LogP contribution in [0.4, 0.5) is 5.82 Å². The predicted molar refractivity (Wildman–Crippen MR) is 68.4 cm³/mol. The zero-order valence-electron chi connectivity index (χ0n) is 9.73. The van der Waals surface area contributed by atoms with Crippen LogP contribution in [-0.4, -0.2) is 16.3 Å². The molecule has 0 saturated heterocycles. The van der Waals surface area contributed by atoms with Gasteiger partial charge in [-0.05, 0) is 30.4 Å². The Balaban J connectivity index is 2.31. The number of nitrogens with zero attached hydrogens (tertiary/aromatic N) is 2. The van der Waals surface area contributed by atoms with Crippen molar-refractivity contribution in [3.05, 3.63) is 39.0 Å². The SMILES string of the molecule is Cc1ncc(Cc2csc(C=O)c2C)c(N)n1. The number of anilines is 1. The standard InChI is InChI=1S/C12H13N3OS/c1-7-10(6-17-11(7)5-16)3-9-4-14-8(2)15-12(9)13/h4-6H,3H2,1-2H3,(H2,13,14,15). The molecule has 2 aromatic heterocycles. The Morgan fingerprint density at radius 2 is 2.18 bits per heavy atom. The molecule has 0 aliphatic carbocycles. The van der Waals surface area contributed by atoms with Crippen LogP contribution in [0.1, 0.15) is 32.2 Å². The number of hydrogen-bond acceptors (Lipinski definition) is 5. The molecule has 0 unspecified atom stereocenters. The highest BCUT2D eigenvalue weighted by atomic mass is 32.1. The summed E-state index contributed by atoms with van der Waals surface area (Å²) >= 11 is 1.45. The summed E-state index contributed by atoms with van der Waals surface area (Å²) in [5.41, 5.74) is 8.86. The fourth-order valence-corrected chi connectivity index (χ4v) is 2.51. The van der Waals surface area contributed by atoms with Crippen molar-refractivity contribution in [1.82, 2.24) is 9.97 Å². The van der Waals surface area contributed by atoms with Gasteiger partial charge in [-0.2, -0.15) is 0 Å². The fraction of sp³-hybridized carbons (Fsp3) is 0.250. The molecule has 2 N–H and O–H groups in total. The van der Waals surface area contributed by atoms with E-state index in [9.17, 15) is 4.79 Å². The molecule has 0 fully saturated rings. The van der Waals surface area contributed by atoms with E-state index in [-0.39, 0.29) is 0 Å². The van der Waals surface area contributed by atoms with Gasteiger partial charge >= 0.3 is 0 Å². The molecule has 0 atom stereocenters. The second-order valence-corrected chi connectivity index (χ2v) is 4.78. The topological polar surface area (TPSA) is 68.9 Å². The largest absolute Gasteiger partial charge is 0.383 e. The Kier molecular flexibility index (Phi) is 3.19. The molecular weight excluding hydrogens is 234 g/mol. The average Bonchev–Trinajstić information content (AvgIpc) is 2.64. The number of nitrogens with two attached hydrogens (primary N) is 1. The molecule has 17 heavy (non-hydrogen) atoms. The molecule has 2 rings (SSSR count). The molecule has 0 saturated carbocycles. The molecule has 0 radical (unpaired) electrons. The molecule has 0 spiro atoms. The summed E-state index contributed by atoms with van der Waals surface area (Å²) in [4.78, 5) is 19.8. The van der Waals surface area contributed by atoms with Crippen LogP contribution in [-0.2, 0) is 6.42 Å². The van der Waals surface area contributed by atoms with Crippen LogP contribution >= 0.6 is 11.3 Å². The van der Waals surface area contributed by atoms with Crippen LogP contribution in [0.25, 0.3) is 0 Å². The molecule has 2 heterocycles. The lowest BCUT2D eigenvalue weighted by Crippen LogP contribution is -2.02. The maximum Gasteiger partial charge on any atom is 0.160 e. The van der Waals surface area contributed by atoms with Gasteiger partial charge in [0.2, 0.25) is 0 Å². The van der Waals surface area contributed by atoms with E-state index in [1.165, 1.54) is 11.3 Å². The number of nitrogen functional groups attached to an aromatic ring is 1. The minimum absolute atomic E-state index is 0.510. The van der Waals surface area contributed by atoms with Crippen LogP contribution < -0.4 is 5.73 Å². The van der Waals surface area contributed by atoms with Crippen LogP contribution in [0.5, 0.6) is 0 Å². The Bertz CT molecular complexity index is 563. The lowest BCUT2D eigenvalue weighted by molar-refractivity contribution is 0.112. The van der Waals surface area contributed by atoms with E-state index >= 15 is 0 Å². The van der Waals surface area contributed by atoms with Crippen LogP contribution in [0.2, 0.25) is 0 Å². The summed E-state index contributed by atoms with van der Waals surface area (Å²) in [5.74, 6) is 1.18. The molecule has 5 heteroatoms. The van der Waals surface area contributed by atoms with E-state index in [1.807, 2.05) is 12.3 Å². The van der Waals surface area contributed by atoms with Crippen LogP contribution in [0, 0.1) is 13.8 Å². The number of carbonyl (C=O) groups excluding carboxylic acids is 1. The van der Waals surface area contributed by atoms with Gasteiger partial charge in [0.15, 0.2) is 6.29 Å². The van der Waals surface area contributed by atoms with Gasteiger partial charge in [-0.1, -0.05) is 0 Å². The number of aldehydes is 1. The van der Waals surface area contributed by atoms with Gasteiger partial charge < -0.3 is 5.73 Å². The van der Waals surface area contributed by atoms with E-state index in [2.05, 4.69) is 9.97 Å². The summed E-state index contributed by atoms with van der Waals surface area (Å²) in [6.45, 7) is 3.75. The van der Waals surface area contributed by atoms with Crippen LogP contribution in [0.3, 0.4) is 0 Å². The average molecular weight is 247 g/mol. The number of rotatable bonds is 3. The van der Waals surface area contributed by atoms with Crippen molar-refractivity contribution < 1.29 is 4.79 Å². The molecule has 0 aromatic carbocycles. The van der Waals surface area contributed by atoms with E-state index in [1.54, 1.807) is 13.1 Å². The van der Waals surface area contributed by atoms with E-state index < -0.39 is 0 Å². The molecular formula is C12H13N3OS. The number of carbonyl (C=O) groups is 1. The van der Waals surface area contributed by atoms with Gasteiger partial charge in [-0.25, -0.2) is 9.97 Å². The molecule has 0 aliphatic rings. The second kappa shape index (κ2) is 4.63. The number of aromatic nitrogens is 2. The van der Waals surface area contributed by atoms with Gasteiger partial charge in [0.25, 0.3) is 0 Å². The first-order valence-electron chi connectivity index (χ1n) is 5.22. The molecule has 88 valence electrons. The van der Waals surface area contributed by atoms with Crippen molar-refractivity contribution in [2.24, 2.45) is 0 Å². The number of aryl methyl sites for hydroxylation is 1. The lowest BCUT2D eigenvalue weighted by Gasteiger charge is -2.04. The van der Waals surface area contributed by atoms with Gasteiger partial charge in [0, 0.05) is 18.2 Å². The van der Waals surface area contributed by atoms with Crippen molar-refractivity contribution >= 4 is 23.4 Å². The quantitative estimate of drug-likeness (QED) is 0.844. The van der Waals surface area contributed by atoms with Gasteiger partial charge in [0.1, 0.15) is 11.6 Å². The Labute approximate surface area is 104 Å². The zero-order chi connectivity index (χ0) is 12.4. The Morgan fingerprint density at radius 1 is 1.41 bits per heavy atom. The summed E-state index contributed by atoms with van der Waals surface area (Å²) < 4.78 is 0. The van der Waals surface area contributed by atoms with Gasteiger partial charge in [-0.3, -0.25) is 4.79 Å². The van der Waals surface area contributed by atoms with Crippen molar-refractivity contribution in [2.75, 3.05) is 5.73 Å². The Morgan fingerprint density at radius 3 is 2.76 bits per heavy atom. The van der Waals surface area contributed by atoms with Crippen molar-refractivity contribution in [1.29, 1.82) is 0 Å². The maximum atomic E-state index is 10.8. The lowest BCUT2D eigenvalue weighted by atomic mass is 10.1. The van der Waals surface area contributed by atoms with E-state index in [0.29, 0.717) is 18.1 Å². The summed E-state index contributed by atoms with van der Waals surface area (Å²) in [6, 6.07) is 0. The minimum Gasteiger partial charge on any atom is -0.383 e. The van der Waals surface area contributed by atoms with E-state index in [0.717, 1.165) is 27.9 Å². The molecule has 2 aromatic rings. The summed E-state index contributed by atoms with van der Waals surface area (Å²) in [7, 11) is 0. The first kappa shape index (κ1) is 11.7. The van der Waals surface area contributed by atoms with Crippen molar-refractivity contribution in [3.8, 4) is 0 Å². The van der Waals surface area contributed by atoms with Crippen molar-refractivity contribution in [3.63, 3.8) is 0 Å². The van der Waals surface area contributed by atoms with Gasteiger partial charge in [-0.15, -0.1) is 11.3 Å². The number of hydrogen-bond donors (Lipinski definition) is 1. The maximum absolute atomic E-state index is 10.8. The molecule has 0 bridgehead atoms. The Hall–Kier alpha value is -1.75. The zero-order valence-corrected chi connectivity index (χ0v) is 10.5. The number of thiophene rings is 1. The smallest absolute Gasteiger partial charge is 0.160 e. The molecule has 0 aliphatic heterocycles. The highest BCUT2D eigenvalue weighted by molar-refractivity contribution is 7.12. The third-order valence-electron chi connectivity index (χ3n) is 2.69. The highest BCUT2D eigenvalue weighted by Gasteiger charge is 2.10. The normalized spacial score (nSPS) is 10.5. The first-order valence-corrected chi connectivity index (χ1v) is 6.10. The highest BCUT2D eigenvalue weighted by Crippen LogP contribution is 2.23. The van der Waals surface area contributed by atoms with Crippen molar-refractivity contribution in [2.45, 2.75) is 20.3 Å². The molecule has 0 amide bonds. The van der Waals surface area contributed by atoms with Crippen LogP contribution in [0.15, 0.2) is 11.6 Å². The minimum atomic E-state index is 0.510. The summed E-state index contributed by atoms with van der Waals surface area (Å²) in [5, 5.41) is 1.98. The monoisotopic (exact) mass is 247 g/mol. The predicted octanol–water partition coefficient (Wildman–Crippen LogP) is 2.14. The third kappa shape index (κ3) is 2.34. The van der Waals surface area contributed by atoms with Gasteiger partial charge in [0.05, 0.1) is 4.88 Å². The first-order chi connectivity index (χ1) is 8.11.